The molecule has 0 saturated heterocycles. The molecule has 0 aliphatic heterocycles. The van der Waals surface area contributed by atoms with Crippen molar-refractivity contribution in [3.05, 3.63) is 0 Å². The van der Waals surface area contributed by atoms with E-state index in [4.69, 9.17) is 0 Å². The summed E-state index contributed by atoms with van der Waals surface area (Å²) in [6.45, 7) is 0. The zero-order valence-electron chi connectivity index (χ0n) is 1.89. The predicted molar refractivity (Wildman–Crippen MR) is 56.1 cm³/mol. The second-order valence-corrected chi connectivity index (χ2v) is 119. The van der Waals surface area contributed by atoms with Gasteiger partial charge in [0.05, 0.1) is 0 Å². The van der Waals surface area contributed by atoms with Crippen molar-refractivity contribution < 1.29 is 1.08 Å². The predicted octanol–water partition coefficient (Wildman–Crippen LogP) is 3.54. The average molecular weight is 694 g/mol. The van der Waals surface area contributed by atoms with Crippen LogP contribution in [0.5, 0.6) is 0 Å². The molecule has 0 saturated carbocycles. The molecule has 0 aromatic carbocycles. The minimum atomic E-state index is -1.23. The van der Waals surface area contributed by atoms with Gasteiger partial charge in [-0.05, 0) is 0 Å². The van der Waals surface area contributed by atoms with Crippen LogP contribution in [0.2, 0.25) is 0 Å². The quantitative estimate of drug-likeness (QED) is 0.341. The van der Waals surface area contributed by atoms with Crippen LogP contribution >= 0.6 is 78.1 Å². The maximum absolute atomic E-state index is 2.54. The molecular formula is I4Re. The molecule has 0 aliphatic carbocycles. The summed E-state index contributed by atoms with van der Waals surface area (Å²) in [5.41, 5.74) is 0. The Morgan fingerprint density at radius 3 is 0.800 bits per heavy atom. The first-order valence-corrected chi connectivity index (χ1v) is 31.4. The first-order chi connectivity index (χ1) is 2.00. The molecule has 0 atom stereocenters. The van der Waals surface area contributed by atoms with E-state index in [1.54, 1.807) is 0 Å². The zero-order valence-corrected chi connectivity index (χ0v) is 13.2. The number of rotatable bonds is 0. The average Bonchev–Trinajstić information content (AvgIpc) is 0.722. The molecule has 0 aromatic rings. The van der Waals surface area contributed by atoms with Crippen LogP contribution in [0.1, 0.15) is 0 Å². The molecule has 5 heteroatoms. The Hall–Kier alpha value is 3.58. The molecule has 0 radical (unpaired) electrons. The Bertz CT molecular complexity index is 19.1. The van der Waals surface area contributed by atoms with Crippen LogP contribution in [0, 0.1) is 0 Å². The van der Waals surface area contributed by atoms with Crippen LogP contribution in [0.25, 0.3) is 0 Å². The van der Waals surface area contributed by atoms with Crippen molar-refractivity contribution in [2.45, 2.75) is 0 Å². The van der Waals surface area contributed by atoms with Crippen molar-refractivity contribution in [1.82, 2.24) is 0 Å². The Balaban J connectivity index is 3.02. The van der Waals surface area contributed by atoms with Gasteiger partial charge < -0.3 is 0 Å². The summed E-state index contributed by atoms with van der Waals surface area (Å²) in [4.78, 5) is 0. The van der Waals surface area contributed by atoms with Crippen molar-refractivity contribution in [3.63, 3.8) is 0 Å². The number of halogens is 4. The van der Waals surface area contributed by atoms with Gasteiger partial charge >= 0.3 is 79.1 Å². The van der Waals surface area contributed by atoms with E-state index in [1.807, 2.05) is 0 Å². The molecule has 0 nitrogen and oxygen atoms in total. The van der Waals surface area contributed by atoms with Crippen molar-refractivity contribution in [2.75, 3.05) is 0 Å². The van der Waals surface area contributed by atoms with Crippen molar-refractivity contribution in [1.29, 1.82) is 0 Å². The van der Waals surface area contributed by atoms with E-state index in [-0.39, 0.29) is 0 Å². The van der Waals surface area contributed by atoms with Crippen LogP contribution in [-0.2, 0) is 1.08 Å². The third-order valence-corrected chi connectivity index (χ3v) is 0. The summed E-state index contributed by atoms with van der Waals surface area (Å²) < 4.78 is -1.23. The zero-order chi connectivity index (χ0) is 4.50. The molecule has 0 amide bonds. The van der Waals surface area contributed by atoms with Gasteiger partial charge in [-0.2, -0.15) is 0 Å². The van der Waals surface area contributed by atoms with Gasteiger partial charge in [0.2, 0.25) is 0 Å². The van der Waals surface area contributed by atoms with E-state index >= 15 is 0 Å². The van der Waals surface area contributed by atoms with Crippen LogP contribution in [0.3, 0.4) is 0 Å². The van der Waals surface area contributed by atoms with Gasteiger partial charge in [0.15, 0.2) is 0 Å². The summed E-state index contributed by atoms with van der Waals surface area (Å²) in [5, 5.41) is 0. The molecule has 0 bridgehead atoms. The molecule has 0 heterocycles. The molecule has 0 N–H and O–H groups in total. The fourth-order valence-electron chi connectivity index (χ4n) is 0. The topological polar surface area (TPSA) is 0 Å². The second-order valence-electron chi connectivity index (χ2n) is 0.324. The van der Waals surface area contributed by atoms with Gasteiger partial charge in [-0.1, -0.05) is 0 Å². The fourth-order valence-corrected chi connectivity index (χ4v) is 0. The van der Waals surface area contributed by atoms with Gasteiger partial charge in [-0.3, -0.25) is 0 Å². The van der Waals surface area contributed by atoms with Gasteiger partial charge in [-0.15, -0.1) is 0 Å². The summed E-state index contributed by atoms with van der Waals surface area (Å²) >= 11 is 10.2. The molecule has 0 rings (SSSR count). The Morgan fingerprint density at radius 2 is 0.800 bits per heavy atom. The fraction of sp³-hybridized carbons (Fsp3) is 0. The molecule has 0 spiro atoms. The molecule has 0 fully saturated rings. The first kappa shape index (κ1) is 8.58. The number of hydrogen-bond donors (Lipinski definition) is 0. The maximum atomic E-state index is 2.54. The van der Waals surface area contributed by atoms with E-state index < -0.39 is 1.08 Å². The van der Waals surface area contributed by atoms with Crippen LogP contribution in [-0.4, -0.2) is 0 Å². The molecule has 0 unspecified atom stereocenters. The van der Waals surface area contributed by atoms with Crippen molar-refractivity contribution in [2.24, 2.45) is 0 Å². The number of hydrogen-bond acceptors (Lipinski definition) is 0. The van der Waals surface area contributed by atoms with Gasteiger partial charge in [0, 0.05) is 0 Å². The molecule has 5 heavy (non-hydrogen) atoms. The minimum absolute atomic E-state index is 1.23. The molecule has 0 aromatic heterocycles. The summed E-state index contributed by atoms with van der Waals surface area (Å²) in [6.07, 6.45) is 0. The monoisotopic (exact) mass is 695 g/mol. The summed E-state index contributed by atoms with van der Waals surface area (Å²) in [7, 11) is 0. The van der Waals surface area contributed by atoms with Crippen molar-refractivity contribution >= 4 is 78.1 Å². The third kappa shape index (κ3) is 18.4. The van der Waals surface area contributed by atoms with Gasteiger partial charge in [-0.25, -0.2) is 0 Å². The second kappa shape index (κ2) is 3.58. The SMILES string of the molecule is [I][Re]([I])([I])[I]. The van der Waals surface area contributed by atoms with E-state index in [0.29, 0.717) is 0 Å². The molecule has 35 valence electrons. The van der Waals surface area contributed by atoms with E-state index in [0.717, 1.165) is 0 Å². The van der Waals surface area contributed by atoms with Crippen molar-refractivity contribution in [3.8, 4) is 0 Å². The van der Waals surface area contributed by atoms with E-state index in [2.05, 4.69) is 78.1 Å². The summed E-state index contributed by atoms with van der Waals surface area (Å²) in [6, 6.07) is 0. The van der Waals surface area contributed by atoms with Crippen LogP contribution < -0.4 is 0 Å². The summed E-state index contributed by atoms with van der Waals surface area (Å²) in [5.74, 6) is 0. The Kier molecular flexibility index (Phi) is 6.14. The van der Waals surface area contributed by atoms with E-state index in [1.165, 1.54) is 0 Å². The molecular weight excluding hydrogens is 694 g/mol. The van der Waals surface area contributed by atoms with Crippen LogP contribution in [0.4, 0.5) is 0 Å². The van der Waals surface area contributed by atoms with Gasteiger partial charge in [0.1, 0.15) is 0 Å². The Morgan fingerprint density at radius 1 is 0.800 bits per heavy atom. The third-order valence-electron chi connectivity index (χ3n) is 0. The Labute approximate surface area is 76.5 Å². The van der Waals surface area contributed by atoms with E-state index in [9.17, 15) is 0 Å². The van der Waals surface area contributed by atoms with Gasteiger partial charge in [0.25, 0.3) is 0 Å². The first-order valence-electron chi connectivity index (χ1n) is 0.571. The van der Waals surface area contributed by atoms with Crippen LogP contribution in [0.15, 0.2) is 0 Å². The molecule has 0 aliphatic rings. The standard InChI is InChI=1S/4HI.Re/h4*1H;/q;;;;+4/p-4. The normalized spacial score (nSPS) is 15.2.